The Morgan fingerprint density at radius 3 is 1.71 bits per heavy atom. The maximum absolute atomic E-state index is 11.4. The summed E-state index contributed by atoms with van der Waals surface area (Å²) in [4.78, 5) is 0. The Balaban J connectivity index is 1.32. The molecule has 2 saturated heterocycles. The van der Waals surface area contributed by atoms with E-state index in [4.69, 9.17) is 23.7 Å². The highest BCUT2D eigenvalue weighted by molar-refractivity contribution is 5.15. The Labute approximate surface area is 224 Å². The second kappa shape index (κ2) is 13.4. The lowest BCUT2D eigenvalue weighted by atomic mass is 9.98. The van der Waals surface area contributed by atoms with E-state index in [1.807, 2.05) is 91.0 Å². The Hall–Kier alpha value is -2.62. The molecule has 7 nitrogen and oxygen atoms in total. The fourth-order valence-electron chi connectivity index (χ4n) is 4.63. The molecule has 2 aliphatic heterocycles. The van der Waals surface area contributed by atoms with Crippen molar-refractivity contribution in [3.63, 3.8) is 0 Å². The van der Waals surface area contributed by atoms with Gasteiger partial charge in [-0.15, -0.1) is 0 Å². The van der Waals surface area contributed by atoms with Crippen LogP contribution in [0.3, 0.4) is 0 Å². The minimum atomic E-state index is -1.03. The van der Waals surface area contributed by atoms with Gasteiger partial charge >= 0.3 is 0 Å². The first-order valence-corrected chi connectivity index (χ1v) is 13.3. The predicted octanol–water partition coefficient (Wildman–Crippen LogP) is 3.84. The van der Waals surface area contributed by atoms with Crippen molar-refractivity contribution in [2.45, 2.75) is 69.5 Å². The Bertz CT molecular complexity index is 1090. The van der Waals surface area contributed by atoms with Gasteiger partial charge in [0.1, 0.15) is 24.4 Å². The number of hydrogen-bond acceptors (Lipinski definition) is 7. The van der Waals surface area contributed by atoms with E-state index in [-0.39, 0.29) is 12.6 Å². The molecule has 202 valence electrons. The van der Waals surface area contributed by atoms with Crippen LogP contribution in [0.4, 0.5) is 0 Å². The van der Waals surface area contributed by atoms with Gasteiger partial charge in [-0.25, -0.2) is 0 Å². The molecular formula is C31H37NO6. The third-order valence-corrected chi connectivity index (χ3v) is 6.99. The molecule has 0 aromatic heterocycles. The maximum Gasteiger partial charge on any atom is 0.186 e. The first kappa shape index (κ1) is 27.0. The standard InChI is InChI=1S/C31H37NO6/c1-22-26(32-22)20-37-31-28(33)30(36-19-25-15-9-4-10-16-25)29(35-18-24-13-7-3-8-14-24)27(38-31)21-34-17-23-11-5-2-6-12-23/h2-16,22,26-33H,17-21H2,1H3/t22-,26-,27+,28+,29+,30+,31+/m0/s1. The van der Waals surface area contributed by atoms with E-state index >= 15 is 0 Å². The Morgan fingerprint density at radius 1 is 0.684 bits per heavy atom. The van der Waals surface area contributed by atoms with Crippen LogP contribution in [0.25, 0.3) is 0 Å². The highest BCUT2D eigenvalue weighted by atomic mass is 16.7. The summed E-state index contributed by atoms with van der Waals surface area (Å²) >= 11 is 0. The van der Waals surface area contributed by atoms with Gasteiger partial charge in [-0.3, -0.25) is 0 Å². The molecular weight excluding hydrogens is 482 g/mol. The van der Waals surface area contributed by atoms with Crippen molar-refractivity contribution >= 4 is 0 Å². The lowest BCUT2D eigenvalue weighted by Gasteiger charge is -2.44. The average Bonchev–Trinajstić information content (AvgIpc) is 3.67. The van der Waals surface area contributed by atoms with Gasteiger partial charge < -0.3 is 34.1 Å². The molecule has 2 aliphatic rings. The van der Waals surface area contributed by atoms with E-state index in [2.05, 4.69) is 12.2 Å². The van der Waals surface area contributed by atoms with Crippen molar-refractivity contribution in [3.05, 3.63) is 108 Å². The lowest BCUT2D eigenvalue weighted by molar-refractivity contribution is -0.318. The summed E-state index contributed by atoms with van der Waals surface area (Å²) in [7, 11) is 0. The molecule has 0 aliphatic carbocycles. The number of nitrogens with one attached hydrogen (secondary N) is 1. The van der Waals surface area contributed by atoms with Gasteiger partial charge in [0.2, 0.25) is 0 Å². The fraction of sp³-hybridized carbons (Fsp3) is 0.419. The average molecular weight is 520 g/mol. The number of hydrogen-bond donors (Lipinski definition) is 2. The highest BCUT2D eigenvalue weighted by Gasteiger charge is 2.48. The number of ether oxygens (including phenoxy) is 5. The first-order valence-electron chi connectivity index (χ1n) is 13.3. The van der Waals surface area contributed by atoms with Crippen molar-refractivity contribution in [1.29, 1.82) is 0 Å². The quantitative estimate of drug-likeness (QED) is 0.332. The molecule has 38 heavy (non-hydrogen) atoms. The van der Waals surface area contributed by atoms with Gasteiger partial charge in [0.25, 0.3) is 0 Å². The van der Waals surface area contributed by atoms with Crippen molar-refractivity contribution < 1.29 is 28.8 Å². The summed E-state index contributed by atoms with van der Waals surface area (Å²) in [6.07, 6.45) is -3.62. The van der Waals surface area contributed by atoms with E-state index in [0.29, 0.717) is 32.5 Å². The molecule has 3 aromatic carbocycles. The van der Waals surface area contributed by atoms with Crippen LogP contribution in [-0.2, 0) is 43.5 Å². The minimum absolute atomic E-state index is 0.259. The SMILES string of the molecule is C[C@@H]1N[C@H]1CO[C@@H]1O[C@H](COCc2ccccc2)[C@@H](OCc2ccccc2)[C@H](OCc2ccccc2)[C@H]1O. The van der Waals surface area contributed by atoms with Gasteiger partial charge in [-0.2, -0.15) is 0 Å². The molecule has 2 N–H and O–H groups in total. The van der Waals surface area contributed by atoms with E-state index in [9.17, 15) is 5.11 Å². The van der Waals surface area contributed by atoms with Crippen LogP contribution in [0, 0.1) is 0 Å². The first-order chi connectivity index (χ1) is 18.7. The monoisotopic (exact) mass is 519 g/mol. The van der Waals surface area contributed by atoms with Crippen LogP contribution in [0.2, 0.25) is 0 Å². The van der Waals surface area contributed by atoms with E-state index in [0.717, 1.165) is 16.7 Å². The van der Waals surface area contributed by atoms with Crippen LogP contribution in [0.5, 0.6) is 0 Å². The molecule has 0 radical (unpaired) electrons. The topological polar surface area (TPSA) is 88.3 Å². The molecule has 7 heteroatoms. The van der Waals surface area contributed by atoms with Crippen LogP contribution in [-0.4, -0.2) is 61.1 Å². The van der Waals surface area contributed by atoms with Gasteiger partial charge in [0.05, 0.1) is 33.0 Å². The summed E-state index contributed by atoms with van der Waals surface area (Å²) in [5, 5.41) is 14.7. The number of benzene rings is 3. The second-order valence-corrected chi connectivity index (χ2v) is 9.95. The fourth-order valence-corrected chi connectivity index (χ4v) is 4.63. The lowest BCUT2D eigenvalue weighted by Crippen LogP contribution is -2.61. The second-order valence-electron chi connectivity index (χ2n) is 9.95. The zero-order chi connectivity index (χ0) is 26.2. The number of aliphatic hydroxyl groups is 1. The van der Waals surface area contributed by atoms with Crippen molar-refractivity contribution in [1.82, 2.24) is 5.32 Å². The maximum atomic E-state index is 11.4. The molecule has 7 atom stereocenters. The molecule has 0 bridgehead atoms. The molecule has 2 heterocycles. The van der Waals surface area contributed by atoms with Crippen LogP contribution in [0.1, 0.15) is 23.6 Å². The van der Waals surface area contributed by atoms with Crippen molar-refractivity contribution in [3.8, 4) is 0 Å². The smallest absolute Gasteiger partial charge is 0.186 e. The Kier molecular flexibility index (Phi) is 9.54. The molecule has 0 saturated carbocycles. The zero-order valence-corrected chi connectivity index (χ0v) is 21.7. The third kappa shape index (κ3) is 7.48. The minimum Gasteiger partial charge on any atom is -0.385 e. The summed E-state index contributed by atoms with van der Waals surface area (Å²) in [5.41, 5.74) is 3.11. The van der Waals surface area contributed by atoms with E-state index < -0.39 is 30.7 Å². The van der Waals surface area contributed by atoms with Crippen LogP contribution in [0.15, 0.2) is 91.0 Å². The number of rotatable bonds is 13. The van der Waals surface area contributed by atoms with E-state index in [1.165, 1.54) is 0 Å². The molecule has 0 unspecified atom stereocenters. The van der Waals surface area contributed by atoms with Crippen LogP contribution < -0.4 is 5.32 Å². The summed E-state index contributed by atoms with van der Waals surface area (Å²) in [6, 6.07) is 30.5. The normalized spacial score (nSPS) is 28.7. The van der Waals surface area contributed by atoms with Gasteiger partial charge in [-0.1, -0.05) is 91.0 Å². The molecule has 0 amide bonds. The third-order valence-electron chi connectivity index (χ3n) is 6.99. The Morgan fingerprint density at radius 2 is 1.18 bits per heavy atom. The molecule has 3 aromatic rings. The molecule has 5 rings (SSSR count). The van der Waals surface area contributed by atoms with Gasteiger partial charge in [0.15, 0.2) is 6.29 Å². The highest BCUT2D eigenvalue weighted by Crippen LogP contribution is 2.29. The van der Waals surface area contributed by atoms with Crippen molar-refractivity contribution in [2.75, 3.05) is 13.2 Å². The van der Waals surface area contributed by atoms with Crippen molar-refractivity contribution in [2.24, 2.45) is 0 Å². The largest absolute Gasteiger partial charge is 0.385 e. The summed E-state index contributed by atoms with van der Waals surface area (Å²) in [6.45, 7) is 3.95. The molecule has 2 fully saturated rings. The van der Waals surface area contributed by atoms with Crippen LogP contribution >= 0.6 is 0 Å². The summed E-state index contributed by atoms with van der Waals surface area (Å²) in [5.74, 6) is 0. The zero-order valence-electron chi connectivity index (χ0n) is 21.7. The van der Waals surface area contributed by atoms with E-state index in [1.54, 1.807) is 0 Å². The number of aliphatic hydroxyl groups excluding tert-OH is 1. The molecule has 0 spiro atoms. The summed E-state index contributed by atoms with van der Waals surface area (Å²) < 4.78 is 31.2. The van der Waals surface area contributed by atoms with Gasteiger partial charge in [0, 0.05) is 12.1 Å². The predicted molar refractivity (Wildman–Crippen MR) is 143 cm³/mol. The van der Waals surface area contributed by atoms with Gasteiger partial charge in [-0.05, 0) is 23.6 Å².